The third kappa shape index (κ3) is 5.54. The predicted octanol–water partition coefficient (Wildman–Crippen LogP) is 0.858. The van der Waals surface area contributed by atoms with Crippen LogP contribution in [-0.2, 0) is 14.8 Å². The van der Waals surface area contributed by atoms with E-state index in [2.05, 4.69) is 9.71 Å². The fourth-order valence-corrected chi connectivity index (χ4v) is 2.57. The maximum absolute atomic E-state index is 11.8. The number of ether oxygens (including phenoxy) is 1. The number of H-pyrrole nitrogens is 1. The molecule has 0 amide bonds. The Balaban J connectivity index is 2.41. The van der Waals surface area contributed by atoms with Crippen molar-refractivity contribution < 1.29 is 13.2 Å². The molecule has 0 saturated carbocycles. The summed E-state index contributed by atoms with van der Waals surface area (Å²) >= 11 is 0. The van der Waals surface area contributed by atoms with Gasteiger partial charge in [0.2, 0.25) is 15.5 Å². The molecule has 7 heteroatoms. The van der Waals surface area contributed by atoms with Crippen LogP contribution in [0.2, 0.25) is 0 Å². The molecule has 0 fully saturated rings. The van der Waals surface area contributed by atoms with Gasteiger partial charge in [-0.05, 0) is 26.7 Å². The van der Waals surface area contributed by atoms with E-state index in [1.165, 1.54) is 18.5 Å². The molecule has 0 bridgehead atoms. The van der Waals surface area contributed by atoms with E-state index in [-0.39, 0.29) is 17.5 Å². The van der Waals surface area contributed by atoms with E-state index in [1.807, 2.05) is 13.8 Å². The Bertz CT molecular complexity index is 537. The normalized spacial score (nSPS) is 11.9. The Labute approximate surface area is 113 Å². The molecule has 1 heterocycles. The van der Waals surface area contributed by atoms with Crippen LogP contribution in [0.1, 0.15) is 26.7 Å². The van der Waals surface area contributed by atoms with Gasteiger partial charge in [-0.1, -0.05) is 0 Å². The van der Waals surface area contributed by atoms with Crippen LogP contribution < -0.4 is 10.2 Å². The number of aromatic nitrogens is 1. The summed E-state index contributed by atoms with van der Waals surface area (Å²) in [6.07, 6.45) is 4.19. The second-order valence-electron chi connectivity index (χ2n) is 4.40. The maximum Gasteiger partial charge on any atom is 0.245 e. The first kappa shape index (κ1) is 15.9. The highest BCUT2D eigenvalue weighted by atomic mass is 32.2. The quantitative estimate of drug-likeness (QED) is 0.694. The van der Waals surface area contributed by atoms with Crippen LogP contribution in [0.3, 0.4) is 0 Å². The lowest BCUT2D eigenvalue weighted by Crippen LogP contribution is -2.29. The average molecular weight is 288 g/mol. The molecule has 6 nitrogen and oxygen atoms in total. The van der Waals surface area contributed by atoms with Crippen LogP contribution in [0.5, 0.6) is 0 Å². The average Bonchev–Trinajstić information content (AvgIpc) is 2.33. The highest BCUT2D eigenvalue weighted by Gasteiger charge is 2.16. The number of hydrogen-bond donors (Lipinski definition) is 2. The monoisotopic (exact) mass is 288 g/mol. The molecule has 0 unspecified atom stereocenters. The zero-order valence-electron chi connectivity index (χ0n) is 11.2. The Morgan fingerprint density at radius 1 is 1.37 bits per heavy atom. The molecule has 0 spiro atoms. The van der Waals surface area contributed by atoms with E-state index in [0.29, 0.717) is 13.0 Å². The summed E-state index contributed by atoms with van der Waals surface area (Å²) in [6.45, 7) is 4.79. The van der Waals surface area contributed by atoms with Gasteiger partial charge in [0.15, 0.2) is 0 Å². The summed E-state index contributed by atoms with van der Waals surface area (Å²) in [6, 6.07) is 1.19. The molecule has 0 aliphatic rings. The molecule has 2 N–H and O–H groups in total. The van der Waals surface area contributed by atoms with Gasteiger partial charge in [0.05, 0.1) is 6.10 Å². The van der Waals surface area contributed by atoms with Crippen LogP contribution in [-0.4, -0.2) is 32.7 Å². The van der Waals surface area contributed by atoms with Gasteiger partial charge in [-0.15, -0.1) is 0 Å². The van der Waals surface area contributed by atoms with Crippen molar-refractivity contribution in [3.8, 4) is 0 Å². The summed E-state index contributed by atoms with van der Waals surface area (Å²) in [5.41, 5.74) is -0.519. The van der Waals surface area contributed by atoms with Crippen molar-refractivity contribution >= 4 is 10.0 Å². The Kier molecular flexibility index (Phi) is 6.20. The summed E-state index contributed by atoms with van der Waals surface area (Å²) in [5, 5.41) is 0. The minimum atomic E-state index is -3.73. The van der Waals surface area contributed by atoms with E-state index in [1.54, 1.807) is 0 Å². The Morgan fingerprint density at radius 2 is 2.11 bits per heavy atom. The third-order valence-electron chi connectivity index (χ3n) is 2.39. The maximum atomic E-state index is 11.8. The van der Waals surface area contributed by atoms with Gasteiger partial charge in [-0.25, -0.2) is 13.1 Å². The molecule has 0 aliphatic carbocycles. The van der Waals surface area contributed by atoms with E-state index in [9.17, 15) is 13.2 Å². The number of unbranched alkanes of at least 4 members (excludes halogenated alkanes) is 1. The van der Waals surface area contributed by atoms with Gasteiger partial charge >= 0.3 is 0 Å². The molecular formula is C12H20N2O4S. The second-order valence-corrected chi connectivity index (χ2v) is 6.13. The molecule has 0 saturated heterocycles. The van der Waals surface area contributed by atoms with Crippen molar-refractivity contribution in [2.24, 2.45) is 0 Å². The number of nitrogens with one attached hydrogen (secondary N) is 2. The minimum Gasteiger partial charge on any atom is -0.379 e. The molecule has 19 heavy (non-hydrogen) atoms. The summed E-state index contributed by atoms with van der Waals surface area (Å²) < 4.78 is 31.4. The first-order chi connectivity index (χ1) is 8.93. The SMILES string of the molecule is CC(C)OCCCCNS(=O)(=O)c1c[nH]ccc1=O. The van der Waals surface area contributed by atoms with Gasteiger partial charge in [0.1, 0.15) is 4.90 Å². The highest BCUT2D eigenvalue weighted by Crippen LogP contribution is 2.00. The van der Waals surface area contributed by atoms with Gasteiger partial charge in [-0.2, -0.15) is 0 Å². The minimum absolute atomic E-state index is 0.180. The van der Waals surface area contributed by atoms with Gasteiger partial charge in [0, 0.05) is 31.6 Å². The lowest BCUT2D eigenvalue weighted by Gasteiger charge is -2.08. The van der Waals surface area contributed by atoms with Crippen LogP contribution in [0.15, 0.2) is 28.2 Å². The van der Waals surface area contributed by atoms with E-state index < -0.39 is 15.5 Å². The Morgan fingerprint density at radius 3 is 2.74 bits per heavy atom. The van der Waals surface area contributed by atoms with Crippen LogP contribution in [0.25, 0.3) is 0 Å². The summed E-state index contributed by atoms with van der Waals surface area (Å²) in [4.78, 5) is 13.8. The fraction of sp³-hybridized carbons (Fsp3) is 0.583. The predicted molar refractivity (Wildman–Crippen MR) is 72.6 cm³/mol. The molecule has 0 aromatic carbocycles. The lowest BCUT2D eigenvalue weighted by atomic mass is 10.3. The van der Waals surface area contributed by atoms with Crippen molar-refractivity contribution in [3.63, 3.8) is 0 Å². The van der Waals surface area contributed by atoms with Crippen LogP contribution in [0, 0.1) is 0 Å². The van der Waals surface area contributed by atoms with Gasteiger partial charge < -0.3 is 9.72 Å². The zero-order valence-corrected chi connectivity index (χ0v) is 12.0. The smallest absolute Gasteiger partial charge is 0.245 e. The van der Waals surface area contributed by atoms with Gasteiger partial charge in [-0.3, -0.25) is 4.79 Å². The number of hydrogen-bond acceptors (Lipinski definition) is 4. The molecule has 1 rings (SSSR count). The van der Waals surface area contributed by atoms with Crippen molar-refractivity contribution in [2.45, 2.75) is 37.7 Å². The van der Waals surface area contributed by atoms with E-state index >= 15 is 0 Å². The van der Waals surface area contributed by atoms with Crippen molar-refractivity contribution in [2.75, 3.05) is 13.2 Å². The number of pyridine rings is 1. The standard InChI is InChI=1S/C12H20N2O4S/c1-10(2)18-8-4-3-6-14-19(16,17)12-9-13-7-5-11(12)15/h5,7,9-10,14H,3-4,6,8H2,1-2H3,(H,13,15). The van der Waals surface area contributed by atoms with Crippen LogP contribution >= 0.6 is 0 Å². The first-order valence-electron chi connectivity index (χ1n) is 6.22. The van der Waals surface area contributed by atoms with E-state index in [0.717, 1.165) is 6.42 Å². The second kappa shape index (κ2) is 7.42. The number of rotatable bonds is 8. The molecule has 1 aromatic rings. The molecule has 0 radical (unpaired) electrons. The third-order valence-corrected chi connectivity index (χ3v) is 3.87. The molecule has 0 aliphatic heterocycles. The summed E-state index contributed by atoms with van der Waals surface area (Å²) in [5.74, 6) is 0. The summed E-state index contributed by atoms with van der Waals surface area (Å²) in [7, 11) is -3.73. The van der Waals surface area contributed by atoms with Crippen molar-refractivity contribution in [1.82, 2.24) is 9.71 Å². The largest absolute Gasteiger partial charge is 0.379 e. The Hall–Kier alpha value is -1.18. The first-order valence-corrected chi connectivity index (χ1v) is 7.70. The fourth-order valence-electron chi connectivity index (χ4n) is 1.44. The van der Waals surface area contributed by atoms with Gasteiger partial charge in [0.25, 0.3) is 0 Å². The lowest BCUT2D eigenvalue weighted by molar-refractivity contribution is 0.0762. The topological polar surface area (TPSA) is 88.3 Å². The molecule has 108 valence electrons. The molecule has 1 aromatic heterocycles. The molecular weight excluding hydrogens is 268 g/mol. The van der Waals surface area contributed by atoms with Crippen LogP contribution in [0.4, 0.5) is 0 Å². The highest BCUT2D eigenvalue weighted by molar-refractivity contribution is 7.89. The van der Waals surface area contributed by atoms with E-state index in [4.69, 9.17) is 4.74 Å². The number of aromatic amines is 1. The van der Waals surface area contributed by atoms with Crippen molar-refractivity contribution in [1.29, 1.82) is 0 Å². The van der Waals surface area contributed by atoms with Crippen molar-refractivity contribution in [3.05, 3.63) is 28.7 Å². The zero-order chi connectivity index (χ0) is 14.3. The number of sulfonamides is 1. The molecule has 0 atom stereocenters.